The molecule has 0 unspecified atom stereocenters. The molecule has 0 saturated carbocycles. The zero-order chi connectivity index (χ0) is 16.8. The Bertz CT molecular complexity index is 710. The summed E-state index contributed by atoms with van der Waals surface area (Å²) in [6, 6.07) is 10.4. The van der Waals surface area contributed by atoms with E-state index in [9.17, 15) is 4.79 Å². The molecule has 0 fully saturated rings. The minimum atomic E-state index is -0.318. The van der Waals surface area contributed by atoms with Crippen molar-refractivity contribution in [2.75, 3.05) is 19.0 Å². The minimum absolute atomic E-state index is 0.318. The predicted octanol–water partition coefficient (Wildman–Crippen LogP) is 5.13. The van der Waals surface area contributed by atoms with Gasteiger partial charge in [0, 0.05) is 11.6 Å². The zero-order valence-electron chi connectivity index (χ0n) is 12.3. The number of methoxy groups -OCH3 is 1. The highest BCUT2D eigenvalue weighted by Crippen LogP contribution is 2.26. The van der Waals surface area contributed by atoms with E-state index in [2.05, 4.69) is 26.6 Å². The summed E-state index contributed by atoms with van der Waals surface area (Å²) in [4.78, 5) is 11.9. The van der Waals surface area contributed by atoms with Gasteiger partial charge in [-0.2, -0.15) is 0 Å². The molecule has 0 spiro atoms. The molecule has 7 heteroatoms. The summed E-state index contributed by atoms with van der Waals surface area (Å²) in [5, 5.41) is 6.38. The smallest absolute Gasteiger partial charge is 0.319 e. The Labute approximate surface area is 153 Å². The highest BCUT2D eigenvalue weighted by atomic mass is 79.9. The summed E-state index contributed by atoms with van der Waals surface area (Å²) in [5.41, 5.74) is 1.60. The van der Waals surface area contributed by atoms with E-state index in [1.807, 2.05) is 18.2 Å². The Kier molecular flexibility index (Phi) is 6.57. The Morgan fingerprint density at radius 3 is 2.65 bits per heavy atom. The second-order valence-corrected chi connectivity index (χ2v) is 6.42. The first-order valence-corrected chi connectivity index (χ1v) is 8.37. The lowest BCUT2D eigenvalue weighted by Crippen LogP contribution is -2.30. The fraction of sp³-hybridized carbons (Fsp3) is 0.188. The molecule has 0 atom stereocenters. The summed E-state index contributed by atoms with van der Waals surface area (Å²) < 4.78 is 6.06. The maximum atomic E-state index is 11.9. The second-order valence-electron chi connectivity index (χ2n) is 4.72. The van der Waals surface area contributed by atoms with Gasteiger partial charge in [0.15, 0.2) is 0 Å². The Morgan fingerprint density at radius 2 is 2.00 bits per heavy atom. The minimum Gasteiger partial charge on any atom is -0.496 e. The standard InChI is InChI=1S/C16H15BrCl2N2O2/c1-23-15-5-2-10(8-12(15)17)6-7-20-16(22)21-14-4-3-11(18)9-13(14)19/h2-5,8-9H,6-7H2,1H3,(H2,20,21,22). The molecule has 122 valence electrons. The number of benzene rings is 2. The molecular formula is C16H15BrCl2N2O2. The van der Waals surface area contributed by atoms with E-state index in [0.717, 1.165) is 15.8 Å². The van der Waals surface area contributed by atoms with E-state index in [-0.39, 0.29) is 6.03 Å². The van der Waals surface area contributed by atoms with E-state index < -0.39 is 0 Å². The first-order chi connectivity index (χ1) is 11.0. The van der Waals surface area contributed by atoms with Gasteiger partial charge in [-0.25, -0.2) is 4.79 Å². The number of carbonyl (C=O) groups is 1. The average molecular weight is 418 g/mol. The lowest BCUT2D eigenvalue weighted by molar-refractivity contribution is 0.252. The number of anilines is 1. The molecule has 2 rings (SSSR count). The number of rotatable bonds is 5. The molecule has 0 aliphatic heterocycles. The van der Waals surface area contributed by atoms with E-state index in [0.29, 0.717) is 28.7 Å². The van der Waals surface area contributed by atoms with Crippen LogP contribution in [0.2, 0.25) is 10.0 Å². The lowest BCUT2D eigenvalue weighted by Gasteiger charge is -2.10. The number of hydrogen-bond donors (Lipinski definition) is 2. The first kappa shape index (κ1) is 17.9. The van der Waals surface area contributed by atoms with Gasteiger partial charge in [0.25, 0.3) is 0 Å². The molecule has 0 bridgehead atoms. The maximum absolute atomic E-state index is 11.9. The summed E-state index contributed by atoms with van der Waals surface area (Å²) in [6.07, 6.45) is 0.699. The van der Waals surface area contributed by atoms with Gasteiger partial charge in [0.2, 0.25) is 0 Å². The van der Waals surface area contributed by atoms with Crippen LogP contribution >= 0.6 is 39.1 Å². The van der Waals surface area contributed by atoms with Crippen molar-refractivity contribution in [3.63, 3.8) is 0 Å². The summed E-state index contributed by atoms with van der Waals surface area (Å²) in [6.45, 7) is 0.496. The summed E-state index contributed by atoms with van der Waals surface area (Å²) in [5.74, 6) is 0.775. The van der Waals surface area contributed by atoms with E-state index >= 15 is 0 Å². The molecule has 2 amide bonds. The van der Waals surface area contributed by atoms with Crippen molar-refractivity contribution in [3.05, 3.63) is 56.5 Å². The van der Waals surface area contributed by atoms with E-state index in [4.69, 9.17) is 27.9 Å². The zero-order valence-corrected chi connectivity index (χ0v) is 15.4. The van der Waals surface area contributed by atoms with Crippen LogP contribution in [0.4, 0.5) is 10.5 Å². The molecule has 0 aliphatic rings. The molecular weight excluding hydrogens is 403 g/mol. The van der Waals surface area contributed by atoms with Gasteiger partial charge in [0.1, 0.15) is 5.75 Å². The predicted molar refractivity (Wildman–Crippen MR) is 97.9 cm³/mol. The maximum Gasteiger partial charge on any atom is 0.319 e. The van der Waals surface area contributed by atoms with Crippen LogP contribution in [0.25, 0.3) is 0 Å². The van der Waals surface area contributed by atoms with E-state index in [1.165, 1.54) is 0 Å². The molecule has 0 radical (unpaired) electrons. The van der Waals surface area contributed by atoms with E-state index in [1.54, 1.807) is 25.3 Å². The van der Waals surface area contributed by atoms with Gasteiger partial charge in [-0.05, 0) is 58.2 Å². The summed E-state index contributed by atoms with van der Waals surface area (Å²) >= 11 is 15.3. The van der Waals surface area contributed by atoms with Gasteiger partial charge in [0.05, 0.1) is 22.3 Å². The normalized spacial score (nSPS) is 10.3. The number of halogens is 3. The number of hydrogen-bond acceptors (Lipinski definition) is 2. The highest BCUT2D eigenvalue weighted by molar-refractivity contribution is 9.10. The molecule has 0 aliphatic carbocycles. The molecule has 0 heterocycles. The molecule has 23 heavy (non-hydrogen) atoms. The van der Waals surface area contributed by atoms with Crippen molar-refractivity contribution in [2.24, 2.45) is 0 Å². The van der Waals surface area contributed by atoms with Crippen LogP contribution in [0.15, 0.2) is 40.9 Å². The monoisotopic (exact) mass is 416 g/mol. The van der Waals surface area contributed by atoms with Crippen LogP contribution in [0.1, 0.15) is 5.56 Å². The number of amides is 2. The van der Waals surface area contributed by atoms with Crippen LogP contribution in [0, 0.1) is 0 Å². The average Bonchev–Trinajstić information content (AvgIpc) is 2.50. The quantitative estimate of drug-likeness (QED) is 0.708. The van der Waals surface area contributed by atoms with Crippen LogP contribution in [-0.4, -0.2) is 19.7 Å². The Hall–Kier alpha value is -1.43. The highest BCUT2D eigenvalue weighted by Gasteiger charge is 2.06. The number of urea groups is 1. The molecule has 4 nitrogen and oxygen atoms in total. The largest absolute Gasteiger partial charge is 0.496 e. The third kappa shape index (κ3) is 5.30. The van der Waals surface area contributed by atoms with Crippen LogP contribution in [-0.2, 0) is 6.42 Å². The van der Waals surface area contributed by atoms with Crippen LogP contribution in [0.5, 0.6) is 5.75 Å². The van der Waals surface area contributed by atoms with Crippen LogP contribution in [0.3, 0.4) is 0 Å². The summed E-state index contributed by atoms with van der Waals surface area (Å²) in [7, 11) is 1.62. The van der Waals surface area contributed by atoms with Gasteiger partial charge in [-0.1, -0.05) is 29.3 Å². The van der Waals surface area contributed by atoms with Crippen molar-refractivity contribution in [3.8, 4) is 5.75 Å². The molecule has 2 aromatic rings. The fourth-order valence-corrected chi connectivity index (χ4v) is 2.99. The molecule has 2 aromatic carbocycles. The Balaban J connectivity index is 1.84. The lowest BCUT2D eigenvalue weighted by atomic mass is 10.1. The van der Waals surface area contributed by atoms with Gasteiger partial charge in [-0.3, -0.25) is 0 Å². The third-order valence-corrected chi connectivity index (χ3v) is 4.26. The number of carbonyl (C=O) groups excluding carboxylic acids is 1. The van der Waals surface area contributed by atoms with Crippen molar-refractivity contribution in [1.29, 1.82) is 0 Å². The third-order valence-electron chi connectivity index (χ3n) is 3.09. The number of nitrogens with one attached hydrogen (secondary N) is 2. The fourth-order valence-electron chi connectivity index (χ4n) is 1.94. The topological polar surface area (TPSA) is 50.4 Å². The first-order valence-electron chi connectivity index (χ1n) is 6.82. The van der Waals surface area contributed by atoms with Crippen molar-refractivity contribution >= 4 is 50.9 Å². The van der Waals surface area contributed by atoms with Gasteiger partial charge >= 0.3 is 6.03 Å². The Morgan fingerprint density at radius 1 is 1.22 bits per heavy atom. The second kappa shape index (κ2) is 8.43. The van der Waals surface area contributed by atoms with Gasteiger partial charge < -0.3 is 15.4 Å². The molecule has 0 saturated heterocycles. The van der Waals surface area contributed by atoms with Crippen molar-refractivity contribution < 1.29 is 9.53 Å². The van der Waals surface area contributed by atoms with Crippen molar-refractivity contribution in [2.45, 2.75) is 6.42 Å². The molecule has 2 N–H and O–H groups in total. The number of ether oxygens (including phenoxy) is 1. The van der Waals surface area contributed by atoms with Gasteiger partial charge in [-0.15, -0.1) is 0 Å². The van der Waals surface area contributed by atoms with Crippen LogP contribution < -0.4 is 15.4 Å². The molecule has 0 aromatic heterocycles. The SMILES string of the molecule is COc1ccc(CCNC(=O)Nc2ccc(Cl)cc2Cl)cc1Br. The van der Waals surface area contributed by atoms with Crippen molar-refractivity contribution in [1.82, 2.24) is 5.32 Å².